The van der Waals surface area contributed by atoms with Crippen LogP contribution in [-0.4, -0.2) is 60.3 Å². The number of ether oxygens (including phenoxy) is 2. The molecule has 8 nitrogen and oxygen atoms in total. The number of hydrogen-bond acceptors (Lipinski definition) is 10. The van der Waals surface area contributed by atoms with Crippen LogP contribution in [0.1, 0.15) is 219 Å². The first-order chi connectivity index (χ1) is 26.2. The topological polar surface area (TPSA) is 139 Å². The molecule has 0 bridgehead atoms. The summed E-state index contributed by atoms with van der Waals surface area (Å²) >= 11 is 0. The van der Waals surface area contributed by atoms with Gasteiger partial charge in [-0.3, -0.25) is 19.2 Å². The predicted octanol–water partition coefficient (Wildman–Crippen LogP) is 11.8. The molecule has 0 aliphatic heterocycles. The molecule has 54 heavy (non-hydrogen) atoms. The van der Waals surface area contributed by atoms with Crippen molar-refractivity contribution in [3.63, 3.8) is 0 Å². The third-order valence-corrected chi connectivity index (χ3v) is 13.8. The second-order valence-electron chi connectivity index (χ2n) is 15.5. The first kappa shape index (κ1) is 52.9. The number of rotatable bonds is 41. The quantitative estimate of drug-likeness (QED) is 0.0266. The number of carbonyl (C=O) groups is 4. The van der Waals surface area contributed by atoms with Crippen molar-refractivity contribution in [2.45, 2.75) is 236 Å². The molecule has 10 heteroatoms. The van der Waals surface area contributed by atoms with Gasteiger partial charge in [-0.1, -0.05) is 215 Å². The Bertz CT molecular complexity index is 891. The molecule has 0 aromatic heterocycles. The molecule has 0 aromatic carbocycles. The van der Waals surface area contributed by atoms with Gasteiger partial charge in [-0.25, -0.2) is 0 Å². The van der Waals surface area contributed by atoms with Gasteiger partial charge in [0.2, 0.25) is 0 Å². The SMILES string of the molecule is CCCCCCCCCCCCCCCCCC(=O)C(SSC[C@H](N)C(=O)OC)(C(=O)CCCCCCCCCCCCCCCCC)[C@H](N)C(=O)OC. The summed E-state index contributed by atoms with van der Waals surface area (Å²) < 4.78 is 7.92. The predicted molar refractivity (Wildman–Crippen MR) is 232 cm³/mol. The van der Waals surface area contributed by atoms with Crippen molar-refractivity contribution >= 4 is 45.1 Å². The Balaban J connectivity index is 4.93. The fourth-order valence-electron chi connectivity index (χ4n) is 7.04. The Kier molecular flexibility index (Phi) is 36.7. The van der Waals surface area contributed by atoms with Gasteiger partial charge in [0, 0.05) is 18.6 Å². The highest BCUT2D eigenvalue weighted by molar-refractivity contribution is 8.77. The van der Waals surface area contributed by atoms with E-state index in [2.05, 4.69) is 13.8 Å². The lowest BCUT2D eigenvalue weighted by Gasteiger charge is -2.34. The van der Waals surface area contributed by atoms with Crippen LogP contribution >= 0.6 is 21.6 Å². The Morgan fingerprint density at radius 1 is 0.463 bits per heavy atom. The van der Waals surface area contributed by atoms with Crippen LogP contribution in [0.4, 0.5) is 0 Å². The molecule has 0 radical (unpaired) electrons. The fraction of sp³-hybridized carbons (Fsp3) is 0.909. The molecule has 0 aliphatic carbocycles. The van der Waals surface area contributed by atoms with Crippen molar-refractivity contribution in [3.05, 3.63) is 0 Å². The molecule has 0 heterocycles. The Morgan fingerprint density at radius 3 is 1.02 bits per heavy atom. The van der Waals surface area contributed by atoms with Crippen molar-refractivity contribution in [2.24, 2.45) is 11.5 Å². The van der Waals surface area contributed by atoms with E-state index in [4.69, 9.17) is 20.9 Å². The summed E-state index contributed by atoms with van der Waals surface area (Å²) in [5.74, 6) is -1.96. The van der Waals surface area contributed by atoms with Crippen LogP contribution in [0.15, 0.2) is 0 Å². The number of hydrogen-bond donors (Lipinski definition) is 2. The minimum absolute atomic E-state index is 0.103. The molecular weight excluding hydrogens is 717 g/mol. The van der Waals surface area contributed by atoms with Gasteiger partial charge in [0.05, 0.1) is 14.2 Å². The van der Waals surface area contributed by atoms with Gasteiger partial charge in [-0.15, -0.1) is 0 Å². The minimum Gasteiger partial charge on any atom is -0.468 e. The number of unbranched alkanes of at least 4 members (excludes halogenated alkanes) is 28. The zero-order chi connectivity index (χ0) is 40.1. The van der Waals surface area contributed by atoms with E-state index in [0.717, 1.165) is 60.1 Å². The minimum atomic E-state index is -1.81. The fourth-order valence-corrected chi connectivity index (χ4v) is 10.2. The number of ketones is 2. The summed E-state index contributed by atoms with van der Waals surface area (Å²) in [7, 11) is 4.57. The summed E-state index contributed by atoms with van der Waals surface area (Å²) in [5, 5.41) is 0. The number of esters is 2. The molecule has 0 rings (SSSR count). The van der Waals surface area contributed by atoms with E-state index in [1.807, 2.05) is 0 Å². The number of Topliss-reactive ketones (excluding diaryl/α,β-unsaturated/α-hetero) is 2. The lowest BCUT2D eigenvalue weighted by Crippen LogP contribution is -2.60. The van der Waals surface area contributed by atoms with E-state index in [1.165, 1.54) is 155 Å². The molecule has 0 amide bonds. The van der Waals surface area contributed by atoms with Crippen LogP contribution in [0.3, 0.4) is 0 Å². The zero-order valence-corrected chi connectivity index (χ0v) is 37.0. The maximum absolute atomic E-state index is 14.1. The van der Waals surface area contributed by atoms with Crippen LogP contribution in [0.25, 0.3) is 0 Å². The van der Waals surface area contributed by atoms with Crippen molar-refractivity contribution in [1.82, 2.24) is 0 Å². The molecular formula is C44H84N2O6S2. The van der Waals surface area contributed by atoms with Crippen LogP contribution in [0.5, 0.6) is 0 Å². The van der Waals surface area contributed by atoms with E-state index >= 15 is 0 Å². The maximum Gasteiger partial charge on any atom is 0.325 e. The third-order valence-electron chi connectivity index (χ3n) is 10.7. The highest BCUT2D eigenvalue weighted by Gasteiger charge is 2.53. The average Bonchev–Trinajstić information content (AvgIpc) is 3.18. The van der Waals surface area contributed by atoms with Gasteiger partial charge in [-0.05, 0) is 12.8 Å². The Morgan fingerprint density at radius 2 is 0.741 bits per heavy atom. The van der Waals surface area contributed by atoms with Gasteiger partial charge in [0.15, 0.2) is 16.3 Å². The van der Waals surface area contributed by atoms with Gasteiger partial charge < -0.3 is 20.9 Å². The third kappa shape index (κ3) is 25.9. The van der Waals surface area contributed by atoms with Gasteiger partial charge in [0.25, 0.3) is 0 Å². The number of carbonyl (C=O) groups excluding carboxylic acids is 4. The highest BCUT2D eigenvalue weighted by atomic mass is 33.1. The first-order valence-corrected chi connectivity index (χ1v) is 24.6. The smallest absolute Gasteiger partial charge is 0.325 e. The standard InChI is InChI=1S/C44H84N2O6S2/c1-5-7-9-11-13-15-17-19-21-23-25-27-29-31-33-35-39(47)44(41(46)43(50)52-4,54-53-37-38(45)42(49)51-3)40(48)36-34-32-30-28-26-24-22-20-18-16-14-12-10-8-6-2/h38,41H,5-37,45-46H2,1-4H3/t38-,41+/m0/s1. The Labute approximate surface area is 340 Å². The second kappa shape index (κ2) is 37.5. The molecule has 0 fully saturated rings. The maximum atomic E-state index is 14.1. The molecule has 4 N–H and O–H groups in total. The van der Waals surface area contributed by atoms with Crippen molar-refractivity contribution in [2.75, 3.05) is 20.0 Å². The van der Waals surface area contributed by atoms with Crippen molar-refractivity contribution in [3.8, 4) is 0 Å². The van der Waals surface area contributed by atoms with Crippen LogP contribution in [-0.2, 0) is 28.7 Å². The molecule has 318 valence electrons. The largest absolute Gasteiger partial charge is 0.468 e. The summed E-state index contributed by atoms with van der Waals surface area (Å²) in [4.78, 5) is 53.0. The summed E-state index contributed by atoms with van der Waals surface area (Å²) in [5.41, 5.74) is 12.4. The molecule has 0 aliphatic rings. The lowest BCUT2D eigenvalue weighted by atomic mass is 9.85. The highest BCUT2D eigenvalue weighted by Crippen LogP contribution is 2.43. The number of nitrogens with two attached hydrogens (primary N) is 2. The molecule has 0 saturated carbocycles. The molecule has 0 unspecified atom stereocenters. The first-order valence-electron chi connectivity index (χ1n) is 22.3. The van der Waals surface area contributed by atoms with E-state index in [1.54, 1.807) is 0 Å². The lowest BCUT2D eigenvalue weighted by molar-refractivity contribution is -0.147. The summed E-state index contributed by atoms with van der Waals surface area (Å²) in [6.07, 6.45) is 36.7. The van der Waals surface area contributed by atoms with E-state index < -0.39 is 28.8 Å². The van der Waals surface area contributed by atoms with E-state index in [0.29, 0.717) is 12.8 Å². The number of methoxy groups -OCH3 is 2. The summed E-state index contributed by atoms with van der Waals surface area (Å²) in [6.45, 7) is 4.52. The van der Waals surface area contributed by atoms with Crippen LogP contribution in [0.2, 0.25) is 0 Å². The molecule has 0 saturated heterocycles. The van der Waals surface area contributed by atoms with E-state index in [9.17, 15) is 19.2 Å². The molecule has 0 aromatic rings. The van der Waals surface area contributed by atoms with Gasteiger partial charge in [0.1, 0.15) is 12.1 Å². The Hall–Kier alpha value is -1.10. The molecule has 2 atom stereocenters. The average molecular weight is 801 g/mol. The monoisotopic (exact) mass is 801 g/mol. The van der Waals surface area contributed by atoms with Crippen LogP contribution in [0, 0.1) is 0 Å². The summed E-state index contributed by atoms with van der Waals surface area (Å²) in [6, 6.07) is -2.39. The van der Waals surface area contributed by atoms with Gasteiger partial charge in [-0.2, -0.15) is 0 Å². The van der Waals surface area contributed by atoms with Crippen LogP contribution < -0.4 is 11.5 Å². The van der Waals surface area contributed by atoms with E-state index in [-0.39, 0.29) is 30.2 Å². The van der Waals surface area contributed by atoms with Gasteiger partial charge >= 0.3 is 11.9 Å². The van der Waals surface area contributed by atoms with Crippen molar-refractivity contribution in [1.29, 1.82) is 0 Å². The second-order valence-corrected chi connectivity index (χ2v) is 18.1. The van der Waals surface area contributed by atoms with Crippen molar-refractivity contribution < 1.29 is 28.7 Å². The zero-order valence-electron chi connectivity index (χ0n) is 35.4. The molecule has 0 spiro atoms. The normalized spacial score (nSPS) is 12.8.